The van der Waals surface area contributed by atoms with Crippen LogP contribution in [-0.4, -0.2) is 66.4 Å². The van der Waals surface area contributed by atoms with Crippen molar-refractivity contribution in [1.29, 1.82) is 0 Å². The number of rotatable bonds is 14. The third kappa shape index (κ3) is 15.2. The van der Waals surface area contributed by atoms with Crippen molar-refractivity contribution < 1.29 is 63.2 Å². The van der Waals surface area contributed by atoms with Gasteiger partial charge in [0.05, 0.1) is 16.6 Å². The van der Waals surface area contributed by atoms with E-state index in [0.717, 1.165) is 192 Å². The van der Waals surface area contributed by atoms with Crippen LogP contribution in [0.4, 0.5) is 0 Å². The summed E-state index contributed by atoms with van der Waals surface area (Å²) in [6.07, 6.45) is 24.3. The third-order valence-electron chi connectivity index (χ3n) is 23.1. The summed E-state index contributed by atoms with van der Waals surface area (Å²) in [5, 5.41) is 9.72. The molecule has 0 saturated carbocycles. The summed E-state index contributed by atoms with van der Waals surface area (Å²) < 4.78 is 20.9. The van der Waals surface area contributed by atoms with Crippen LogP contribution in [-0.2, 0) is 63.2 Å². The second kappa shape index (κ2) is 35.3. The van der Waals surface area contributed by atoms with E-state index in [-0.39, 0.29) is 63.2 Å². The first-order valence-corrected chi connectivity index (χ1v) is 44.0. The smallest absolute Gasteiger partial charge is 0.364 e. The Bertz CT molecular complexity index is 8510. The van der Waals surface area contributed by atoms with E-state index in [9.17, 15) is 0 Å². The summed E-state index contributed by atoms with van der Waals surface area (Å²) in [5.74, 6) is 0.877. The molecular weight excluding hydrogens is 2200 g/mol. The minimum Gasteiger partial charge on any atom is -0.364 e. The molecule has 0 bridgehead atoms. The fourth-order valence-corrected chi connectivity index (χ4v) is 20.0. The van der Waals surface area contributed by atoms with Crippen molar-refractivity contribution in [2.75, 3.05) is 0 Å². The Kier molecular flexibility index (Phi) is 22.5. The molecule has 130 heavy (non-hydrogen) atoms. The number of hydrogen-bond acceptors (Lipinski definition) is 9. The SMILES string of the molecule is [Pt+2].[Pt+2].[Pt+2].[c-]1c(-c2cccc(-n3cccc3)n2)cccc1-n1c2[c-]c(-c3nc4ccccc4s3)ccc2c2ccccc21.[c-]1c(-c2ccccn2)ccc(-n2cccc2)c1-n1c2[c-]c(-c3nc4ccccc4s3)ccc2c2cc(-n3cccc3)ccc21.[c-]1c(-c2ccccn2)cccc1-n1c2[c-]c(-c3nc4ccccc4s3)c(-n3cccc3)cc2c2cc(-n3cccc3)ccc21. The number of pyridine rings is 3. The average molecular weight is 2270 g/mol. The van der Waals surface area contributed by atoms with Crippen molar-refractivity contribution in [1.82, 2.24) is 66.4 Å². The standard InChI is InChI=1S/2C38H23N5S.C34H20N4S.3Pt/c1-2-14-37-33(13-1)40-38(44-37)31-25-36-30(24-35(31)42-20-7-8-21-42)29-23-27(41-18-5-6-19-41)15-16-34(29)43(36)28-11-9-10-26(22-28)32-12-3-4-17-39-32;1-2-11-37-32(10-1)40-38(44-37)27-12-15-29-30-25-28(41-19-5-6-20-41)14-17-33(30)43(35(29)24-27)36-23-26(31-9-3-4-18-39-31)13-16-34(36)42-21-7-8-22-42;1-3-14-30-26(11-1)27-18-17-24(34-36-29-12-2-4-15-32(29)39-34)22-31(27)38(30)25-10-7-9-23(21-25)28-13-8-16-33(35-28)37-19-5-6-20-37;;;/h1-21,23-24H;1-22,25H;1-20H;;;/q3*-2;3*+2. The van der Waals surface area contributed by atoms with Crippen LogP contribution in [0.2, 0.25) is 0 Å². The topological polar surface area (TPSA) is 117 Å². The first-order valence-electron chi connectivity index (χ1n) is 41.6. The normalized spacial score (nSPS) is 11.4. The third-order valence-corrected chi connectivity index (χ3v) is 26.3. The summed E-state index contributed by atoms with van der Waals surface area (Å²) >= 11 is 5.09. The minimum absolute atomic E-state index is 0. The van der Waals surface area contributed by atoms with E-state index in [0.29, 0.717) is 0 Å². The summed E-state index contributed by atoms with van der Waals surface area (Å²) in [5.41, 5.74) is 24.7. The number of nitrogens with zero attached hydrogens (tertiary/aromatic N) is 14. The van der Waals surface area contributed by atoms with E-state index in [1.54, 1.807) is 34.0 Å². The average Bonchev–Trinajstić information content (AvgIpc) is 1.61. The quantitative estimate of drug-likeness (QED) is 0.100. The summed E-state index contributed by atoms with van der Waals surface area (Å²) in [7, 11) is 0. The van der Waals surface area contributed by atoms with Gasteiger partial charge >= 0.3 is 63.2 Å². The van der Waals surface area contributed by atoms with E-state index in [1.807, 2.05) is 151 Å². The fraction of sp³-hybridized carbons (Fsp3) is 0. The van der Waals surface area contributed by atoms with Crippen LogP contribution >= 0.6 is 34.0 Å². The van der Waals surface area contributed by atoms with Crippen LogP contribution in [0.5, 0.6) is 0 Å². The predicted molar refractivity (Wildman–Crippen MR) is 518 cm³/mol. The molecule has 0 aliphatic rings. The zero-order valence-electron chi connectivity index (χ0n) is 68.5. The van der Waals surface area contributed by atoms with Crippen LogP contribution in [0.3, 0.4) is 0 Å². The molecule has 0 N–H and O–H groups in total. The molecule has 0 aliphatic heterocycles. The van der Waals surface area contributed by atoms with Crippen LogP contribution in [0, 0.1) is 36.4 Å². The van der Waals surface area contributed by atoms with Crippen LogP contribution in [0.25, 0.3) is 207 Å². The van der Waals surface area contributed by atoms with E-state index in [4.69, 9.17) is 19.9 Å². The van der Waals surface area contributed by atoms with E-state index in [2.05, 4.69) is 334 Å². The number of thiazole rings is 3. The molecule has 0 unspecified atom stereocenters. The van der Waals surface area contributed by atoms with E-state index >= 15 is 0 Å². The van der Waals surface area contributed by atoms with Gasteiger partial charge in [-0.25, -0.2) is 0 Å². The molecule has 14 aromatic heterocycles. The summed E-state index contributed by atoms with van der Waals surface area (Å²) in [4.78, 5) is 29.1. The monoisotopic (exact) mass is 2260 g/mol. The molecule has 0 atom stereocenters. The van der Waals surface area contributed by atoms with Gasteiger partial charge in [0.15, 0.2) is 0 Å². The van der Waals surface area contributed by atoms with Gasteiger partial charge in [-0.1, -0.05) is 113 Å². The van der Waals surface area contributed by atoms with Gasteiger partial charge in [-0.3, -0.25) is 19.9 Å². The Balaban J connectivity index is 0.000000117. The van der Waals surface area contributed by atoms with Gasteiger partial charge in [0, 0.05) is 107 Å². The Morgan fingerprint density at radius 1 is 0.246 bits per heavy atom. The Hall–Kier alpha value is -14.4. The second-order valence-corrected chi connectivity index (χ2v) is 33.8. The first kappa shape index (κ1) is 82.6. The maximum absolute atomic E-state index is 5.06. The molecule has 0 radical (unpaired) electrons. The maximum atomic E-state index is 5.06. The number of hydrogen-bond donors (Lipinski definition) is 0. The van der Waals surface area contributed by atoms with Crippen LogP contribution < -0.4 is 0 Å². The van der Waals surface area contributed by atoms with E-state index < -0.39 is 0 Å². The van der Waals surface area contributed by atoms with Gasteiger partial charge < -0.3 is 46.5 Å². The van der Waals surface area contributed by atoms with Crippen molar-refractivity contribution in [2.24, 2.45) is 0 Å². The number of benzene rings is 12. The van der Waals surface area contributed by atoms with Gasteiger partial charge in [0.25, 0.3) is 0 Å². The van der Waals surface area contributed by atoms with Gasteiger partial charge in [-0.05, 0) is 261 Å². The molecule has 0 amide bonds. The maximum Gasteiger partial charge on any atom is 2.00 e. The number of aromatic nitrogens is 14. The minimum atomic E-state index is 0. The Labute approximate surface area is 801 Å². The molecule has 20 heteroatoms. The van der Waals surface area contributed by atoms with Crippen molar-refractivity contribution in [3.05, 3.63) is 438 Å². The van der Waals surface area contributed by atoms with Gasteiger partial charge in [-0.2, -0.15) is 34.0 Å². The summed E-state index contributed by atoms with van der Waals surface area (Å²) in [6.45, 7) is 0. The molecule has 12 aromatic carbocycles. The van der Waals surface area contributed by atoms with Crippen molar-refractivity contribution in [3.8, 4) is 111 Å². The largest absolute Gasteiger partial charge is 2.00 e. The Morgan fingerprint density at radius 3 is 1.22 bits per heavy atom. The van der Waals surface area contributed by atoms with Crippen LogP contribution in [0.1, 0.15) is 0 Å². The van der Waals surface area contributed by atoms with Crippen LogP contribution in [0.15, 0.2) is 402 Å². The van der Waals surface area contributed by atoms with Gasteiger partial charge in [0.2, 0.25) is 0 Å². The molecule has 0 aliphatic carbocycles. The van der Waals surface area contributed by atoms with Crippen molar-refractivity contribution >= 4 is 130 Å². The predicted octanol–water partition coefficient (Wildman–Crippen LogP) is 27.1. The first-order chi connectivity index (χ1) is 62.9. The zero-order chi connectivity index (χ0) is 83.8. The fourth-order valence-electron chi connectivity index (χ4n) is 17.1. The number of para-hydroxylation sites is 4. The molecule has 624 valence electrons. The second-order valence-electron chi connectivity index (χ2n) is 30.7. The molecular formula is C110H66N14Pt3S3. The molecule has 14 heterocycles. The van der Waals surface area contributed by atoms with Gasteiger partial charge in [-0.15, -0.1) is 143 Å². The summed E-state index contributed by atoms with van der Waals surface area (Å²) in [6, 6.07) is 135. The van der Waals surface area contributed by atoms with Crippen molar-refractivity contribution in [3.63, 3.8) is 0 Å². The van der Waals surface area contributed by atoms with E-state index in [1.165, 1.54) is 14.8 Å². The molecule has 14 nitrogen and oxygen atoms in total. The number of fused-ring (bicyclic) bond motifs is 12. The molecule has 0 spiro atoms. The zero-order valence-corrected chi connectivity index (χ0v) is 77.8. The molecule has 26 rings (SSSR count). The molecule has 0 saturated heterocycles. The molecule has 0 fully saturated rings. The van der Waals surface area contributed by atoms with Gasteiger partial charge in [0.1, 0.15) is 5.82 Å². The Morgan fingerprint density at radius 2 is 0.669 bits per heavy atom. The van der Waals surface area contributed by atoms with Crippen molar-refractivity contribution in [2.45, 2.75) is 0 Å². The molecule has 26 aromatic rings.